The Labute approximate surface area is 82.0 Å². The van der Waals surface area contributed by atoms with E-state index in [1.165, 1.54) is 19.3 Å². The number of rotatable bonds is 5. The predicted octanol–water partition coefficient (Wildman–Crippen LogP) is 2.19. The van der Waals surface area contributed by atoms with E-state index in [1.54, 1.807) is 7.11 Å². The average molecular weight is 185 g/mol. The lowest BCUT2D eigenvalue weighted by Gasteiger charge is -2.18. The summed E-state index contributed by atoms with van der Waals surface area (Å²) in [6, 6.07) is 1.37. The predicted molar refractivity (Wildman–Crippen MR) is 55.9 cm³/mol. The van der Waals surface area contributed by atoms with Crippen molar-refractivity contribution >= 4 is 0 Å². The van der Waals surface area contributed by atoms with Crippen LogP contribution in [0.5, 0.6) is 0 Å². The zero-order valence-electron chi connectivity index (χ0n) is 9.18. The molecule has 2 nitrogen and oxygen atoms in total. The molecule has 0 bridgehead atoms. The van der Waals surface area contributed by atoms with Gasteiger partial charge in [0.15, 0.2) is 0 Å². The number of hydrogen-bond acceptors (Lipinski definition) is 2. The molecule has 1 aliphatic carbocycles. The van der Waals surface area contributed by atoms with E-state index in [9.17, 15) is 0 Å². The molecule has 3 atom stereocenters. The highest BCUT2D eigenvalue weighted by Gasteiger charge is 2.21. The molecule has 1 fully saturated rings. The van der Waals surface area contributed by atoms with Crippen LogP contribution in [0.15, 0.2) is 0 Å². The molecular weight excluding hydrogens is 162 g/mol. The molecule has 0 aliphatic heterocycles. The lowest BCUT2D eigenvalue weighted by Crippen LogP contribution is -2.35. The van der Waals surface area contributed by atoms with Gasteiger partial charge in [-0.15, -0.1) is 0 Å². The minimum atomic E-state index is 0.607. The van der Waals surface area contributed by atoms with Crippen LogP contribution in [0.25, 0.3) is 0 Å². The van der Waals surface area contributed by atoms with Gasteiger partial charge in [-0.1, -0.05) is 6.92 Å². The third kappa shape index (κ3) is 4.10. The lowest BCUT2D eigenvalue weighted by atomic mass is 10.1. The highest BCUT2D eigenvalue weighted by molar-refractivity contribution is 4.80. The summed E-state index contributed by atoms with van der Waals surface area (Å²) >= 11 is 0. The molecule has 2 heteroatoms. The summed E-state index contributed by atoms with van der Waals surface area (Å²) in [5, 5.41) is 3.66. The molecule has 0 heterocycles. The standard InChI is InChI=1S/C11H23NO/c1-9-4-5-11(8-9)12-10(2)6-7-13-3/h9-12H,4-8H2,1-3H3. The van der Waals surface area contributed by atoms with E-state index in [-0.39, 0.29) is 0 Å². The summed E-state index contributed by atoms with van der Waals surface area (Å²) in [7, 11) is 1.77. The first-order valence-electron chi connectivity index (χ1n) is 5.47. The fourth-order valence-electron chi connectivity index (χ4n) is 2.14. The highest BCUT2D eigenvalue weighted by Crippen LogP contribution is 2.24. The Hall–Kier alpha value is -0.0800. The molecule has 1 saturated carbocycles. The minimum Gasteiger partial charge on any atom is -0.385 e. The smallest absolute Gasteiger partial charge is 0.0476 e. The van der Waals surface area contributed by atoms with Gasteiger partial charge >= 0.3 is 0 Å². The number of nitrogens with one attached hydrogen (secondary N) is 1. The Bertz CT molecular complexity index is 138. The molecule has 3 unspecified atom stereocenters. The van der Waals surface area contributed by atoms with Crippen molar-refractivity contribution in [1.29, 1.82) is 0 Å². The number of methoxy groups -OCH3 is 1. The van der Waals surface area contributed by atoms with Gasteiger partial charge in [0, 0.05) is 25.8 Å². The molecular formula is C11H23NO. The van der Waals surface area contributed by atoms with Crippen molar-refractivity contribution < 1.29 is 4.74 Å². The van der Waals surface area contributed by atoms with Crippen molar-refractivity contribution in [2.45, 2.75) is 51.6 Å². The summed E-state index contributed by atoms with van der Waals surface area (Å²) in [5.41, 5.74) is 0. The zero-order valence-corrected chi connectivity index (χ0v) is 9.18. The Kier molecular flexibility index (Phi) is 4.74. The Morgan fingerprint density at radius 2 is 2.23 bits per heavy atom. The molecule has 0 aromatic heterocycles. The third-order valence-corrected chi connectivity index (χ3v) is 2.97. The SMILES string of the molecule is COCCC(C)NC1CCC(C)C1. The topological polar surface area (TPSA) is 21.3 Å². The molecule has 0 amide bonds. The van der Waals surface area contributed by atoms with Gasteiger partial charge < -0.3 is 10.1 Å². The monoisotopic (exact) mass is 185 g/mol. The molecule has 78 valence electrons. The van der Waals surface area contributed by atoms with Crippen LogP contribution in [-0.2, 0) is 4.74 Å². The summed E-state index contributed by atoms with van der Waals surface area (Å²) in [5.74, 6) is 0.923. The van der Waals surface area contributed by atoms with Gasteiger partial charge in [-0.3, -0.25) is 0 Å². The van der Waals surface area contributed by atoms with E-state index in [4.69, 9.17) is 4.74 Å². The molecule has 1 rings (SSSR count). The van der Waals surface area contributed by atoms with E-state index >= 15 is 0 Å². The maximum atomic E-state index is 5.06. The fourth-order valence-corrected chi connectivity index (χ4v) is 2.14. The molecule has 0 aromatic rings. The largest absolute Gasteiger partial charge is 0.385 e. The van der Waals surface area contributed by atoms with Crippen LogP contribution in [0, 0.1) is 5.92 Å². The second-order valence-corrected chi connectivity index (χ2v) is 4.46. The second-order valence-electron chi connectivity index (χ2n) is 4.46. The zero-order chi connectivity index (χ0) is 9.68. The van der Waals surface area contributed by atoms with Crippen LogP contribution in [0.3, 0.4) is 0 Å². The van der Waals surface area contributed by atoms with Crippen molar-refractivity contribution in [3.63, 3.8) is 0 Å². The van der Waals surface area contributed by atoms with Gasteiger partial charge in [0.05, 0.1) is 0 Å². The first kappa shape index (κ1) is 11.0. The molecule has 1 N–H and O–H groups in total. The Morgan fingerprint density at radius 1 is 1.46 bits per heavy atom. The first-order chi connectivity index (χ1) is 6.22. The van der Waals surface area contributed by atoms with E-state index in [0.29, 0.717) is 6.04 Å². The van der Waals surface area contributed by atoms with Gasteiger partial charge in [0.25, 0.3) is 0 Å². The fraction of sp³-hybridized carbons (Fsp3) is 1.00. The summed E-state index contributed by atoms with van der Waals surface area (Å²) in [4.78, 5) is 0. The van der Waals surface area contributed by atoms with E-state index in [2.05, 4.69) is 19.2 Å². The Morgan fingerprint density at radius 3 is 2.77 bits per heavy atom. The van der Waals surface area contributed by atoms with Crippen molar-refractivity contribution in [2.75, 3.05) is 13.7 Å². The molecule has 1 aliphatic rings. The molecule has 13 heavy (non-hydrogen) atoms. The van der Waals surface area contributed by atoms with Crippen molar-refractivity contribution in [3.8, 4) is 0 Å². The van der Waals surface area contributed by atoms with Crippen LogP contribution in [0.1, 0.15) is 39.5 Å². The second kappa shape index (κ2) is 5.61. The van der Waals surface area contributed by atoms with Gasteiger partial charge in [-0.25, -0.2) is 0 Å². The Balaban J connectivity index is 2.09. The van der Waals surface area contributed by atoms with Gasteiger partial charge in [0.2, 0.25) is 0 Å². The average Bonchev–Trinajstić information content (AvgIpc) is 2.48. The third-order valence-electron chi connectivity index (χ3n) is 2.97. The molecule has 0 radical (unpaired) electrons. The summed E-state index contributed by atoms with van der Waals surface area (Å²) < 4.78 is 5.06. The van der Waals surface area contributed by atoms with E-state index in [1.807, 2.05) is 0 Å². The number of ether oxygens (including phenoxy) is 1. The van der Waals surface area contributed by atoms with Crippen LogP contribution < -0.4 is 5.32 Å². The van der Waals surface area contributed by atoms with Crippen LogP contribution in [-0.4, -0.2) is 25.8 Å². The first-order valence-corrected chi connectivity index (χ1v) is 5.47. The van der Waals surface area contributed by atoms with Crippen molar-refractivity contribution in [1.82, 2.24) is 5.32 Å². The van der Waals surface area contributed by atoms with E-state index in [0.717, 1.165) is 25.0 Å². The van der Waals surface area contributed by atoms with Crippen LogP contribution >= 0.6 is 0 Å². The maximum absolute atomic E-state index is 5.06. The van der Waals surface area contributed by atoms with Gasteiger partial charge in [-0.2, -0.15) is 0 Å². The minimum absolute atomic E-state index is 0.607. The molecule has 0 aromatic carbocycles. The summed E-state index contributed by atoms with van der Waals surface area (Å²) in [6.07, 6.45) is 5.24. The van der Waals surface area contributed by atoms with Crippen molar-refractivity contribution in [2.24, 2.45) is 5.92 Å². The van der Waals surface area contributed by atoms with Crippen LogP contribution in [0.2, 0.25) is 0 Å². The highest BCUT2D eigenvalue weighted by atomic mass is 16.5. The summed E-state index contributed by atoms with van der Waals surface area (Å²) in [6.45, 7) is 5.47. The molecule has 0 saturated heterocycles. The maximum Gasteiger partial charge on any atom is 0.0476 e. The van der Waals surface area contributed by atoms with Crippen molar-refractivity contribution in [3.05, 3.63) is 0 Å². The van der Waals surface area contributed by atoms with Gasteiger partial charge in [0.1, 0.15) is 0 Å². The quantitative estimate of drug-likeness (QED) is 0.709. The lowest BCUT2D eigenvalue weighted by molar-refractivity contribution is 0.182. The normalized spacial score (nSPS) is 30.7. The van der Waals surface area contributed by atoms with Crippen LogP contribution in [0.4, 0.5) is 0 Å². The van der Waals surface area contributed by atoms with Gasteiger partial charge in [-0.05, 0) is 38.5 Å². The molecule has 0 spiro atoms. The number of hydrogen-bond donors (Lipinski definition) is 1. The van der Waals surface area contributed by atoms with E-state index < -0.39 is 0 Å².